The Balaban J connectivity index is 1.26. The third-order valence-corrected chi connectivity index (χ3v) is 6.12. The number of carbonyl (C=O) groups is 1. The largest absolute Gasteiger partial charge is 0.359 e. The molecule has 3 heterocycles. The Morgan fingerprint density at radius 3 is 2.60 bits per heavy atom. The highest BCUT2D eigenvalue weighted by Gasteiger charge is 2.36. The van der Waals surface area contributed by atoms with Crippen LogP contribution < -0.4 is 5.32 Å². The molecule has 0 unspecified atom stereocenters. The number of carbonyl (C=O) groups excluding carboxylic acids is 1. The van der Waals surface area contributed by atoms with Crippen LogP contribution in [0.15, 0.2) is 36.8 Å². The smallest absolute Gasteiger partial charge is 0.277 e. The maximum atomic E-state index is 14.6. The third kappa shape index (κ3) is 4.73. The summed E-state index contributed by atoms with van der Waals surface area (Å²) < 4.78 is 69.7. The summed E-state index contributed by atoms with van der Waals surface area (Å²) in [5.41, 5.74) is 1.13. The molecule has 4 aromatic rings. The Labute approximate surface area is 195 Å². The number of amides is 1. The van der Waals surface area contributed by atoms with Crippen LogP contribution in [0.4, 0.5) is 27.6 Å². The predicted octanol–water partition coefficient (Wildman–Crippen LogP) is 5.17. The fourth-order valence-corrected chi connectivity index (χ4v) is 4.26. The lowest BCUT2D eigenvalue weighted by atomic mass is 9.84. The summed E-state index contributed by atoms with van der Waals surface area (Å²) in [7, 11) is 0. The van der Waals surface area contributed by atoms with Gasteiger partial charge in [-0.2, -0.15) is 0 Å². The molecule has 1 saturated carbocycles. The number of aromatic amines is 1. The van der Waals surface area contributed by atoms with Gasteiger partial charge in [0, 0.05) is 42.6 Å². The summed E-state index contributed by atoms with van der Waals surface area (Å²) in [6.07, 6.45) is 3.98. The van der Waals surface area contributed by atoms with Gasteiger partial charge in [-0.15, -0.1) is 5.10 Å². The molecule has 7 nitrogen and oxygen atoms in total. The minimum atomic E-state index is -2.70. The molecule has 12 heteroatoms. The number of pyridine rings is 1. The van der Waals surface area contributed by atoms with E-state index in [0.29, 0.717) is 11.1 Å². The second-order valence-corrected chi connectivity index (χ2v) is 8.61. The van der Waals surface area contributed by atoms with E-state index >= 15 is 0 Å². The Morgan fingerprint density at radius 1 is 1.11 bits per heavy atom. The molecule has 0 saturated heterocycles. The summed E-state index contributed by atoms with van der Waals surface area (Å²) in [5, 5.41) is 10.5. The number of hydrogen-bond acceptors (Lipinski definition) is 4. The molecular formula is C23H19F5N6O. The van der Waals surface area contributed by atoms with Crippen LogP contribution in [0.1, 0.15) is 53.3 Å². The van der Waals surface area contributed by atoms with Crippen molar-refractivity contribution in [1.29, 1.82) is 0 Å². The van der Waals surface area contributed by atoms with Gasteiger partial charge in [0.25, 0.3) is 5.91 Å². The van der Waals surface area contributed by atoms with Crippen molar-refractivity contribution < 1.29 is 26.7 Å². The molecule has 0 radical (unpaired) electrons. The second-order valence-electron chi connectivity index (χ2n) is 8.61. The van der Waals surface area contributed by atoms with Gasteiger partial charge in [-0.3, -0.25) is 9.78 Å². The van der Waals surface area contributed by atoms with Gasteiger partial charge in [0.15, 0.2) is 17.3 Å². The molecule has 1 aliphatic rings. The van der Waals surface area contributed by atoms with Crippen molar-refractivity contribution in [3.8, 4) is 0 Å². The van der Waals surface area contributed by atoms with Crippen LogP contribution in [0, 0.1) is 17.5 Å². The molecule has 2 N–H and O–H groups in total. The quantitative estimate of drug-likeness (QED) is 0.378. The second kappa shape index (κ2) is 8.75. The summed E-state index contributed by atoms with van der Waals surface area (Å²) in [5.74, 6) is -6.31. The number of rotatable bonds is 5. The third-order valence-electron chi connectivity index (χ3n) is 6.12. The predicted molar refractivity (Wildman–Crippen MR) is 116 cm³/mol. The lowest BCUT2D eigenvalue weighted by Crippen LogP contribution is -2.24. The van der Waals surface area contributed by atoms with Crippen molar-refractivity contribution in [2.45, 2.75) is 44.1 Å². The molecule has 35 heavy (non-hydrogen) atoms. The maximum absolute atomic E-state index is 14.6. The lowest BCUT2D eigenvalue weighted by Gasteiger charge is -2.28. The fraction of sp³-hybridized carbons (Fsp3) is 0.304. The van der Waals surface area contributed by atoms with Gasteiger partial charge in [-0.1, -0.05) is 5.21 Å². The van der Waals surface area contributed by atoms with E-state index in [4.69, 9.17) is 0 Å². The van der Waals surface area contributed by atoms with Gasteiger partial charge < -0.3 is 10.3 Å². The lowest BCUT2D eigenvalue weighted by molar-refractivity contribution is -0.0387. The van der Waals surface area contributed by atoms with Crippen molar-refractivity contribution in [2.75, 3.05) is 5.32 Å². The number of nitrogens with one attached hydrogen (secondary N) is 2. The number of benzene rings is 1. The topological polar surface area (TPSA) is 88.5 Å². The molecule has 0 bridgehead atoms. The molecular weight excluding hydrogens is 471 g/mol. The number of hydrogen-bond donors (Lipinski definition) is 2. The van der Waals surface area contributed by atoms with E-state index in [0.717, 1.165) is 12.1 Å². The molecule has 0 aliphatic heterocycles. The van der Waals surface area contributed by atoms with Gasteiger partial charge in [0.05, 0.1) is 29.6 Å². The molecule has 1 aliphatic carbocycles. The van der Waals surface area contributed by atoms with E-state index in [1.807, 2.05) is 0 Å². The molecule has 1 amide bonds. The number of anilines is 1. The van der Waals surface area contributed by atoms with Crippen LogP contribution in [-0.4, -0.2) is 36.8 Å². The van der Waals surface area contributed by atoms with Gasteiger partial charge in [-0.05, 0) is 30.5 Å². The highest BCUT2D eigenvalue weighted by atomic mass is 19.3. The normalized spacial score (nSPS) is 16.0. The van der Waals surface area contributed by atoms with Crippen molar-refractivity contribution in [1.82, 2.24) is 25.0 Å². The van der Waals surface area contributed by atoms with Crippen LogP contribution >= 0.6 is 0 Å². The van der Waals surface area contributed by atoms with Crippen LogP contribution in [0.3, 0.4) is 0 Å². The first-order valence-corrected chi connectivity index (χ1v) is 10.9. The highest BCUT2D eigenvalue weighted by Crippen LogP contribution is 2.40. The Morgan fingerprint density at radius 2 is 1.86 bits per heavy atom. The molecule has 5 rings (SSSR count). The number of halogens is 5. The van der Waals surface area contributed by atoms with Crippen molar-refractivity contribution in [3.05, 3.63) is 71.2 Å². The minimum absolute atomic E-state index is 0.0462. The van der Waals surface area contributed by atoms with E-state index < -0.39 is 29.3 Å². The van der Waals surface area contributed by atoms with Crippen LogP contribution in [0.25, 0.3) is 10.9 Å². The van der Waals surface area contributed by atoms with Crippen LogP contribution in [0.2, 0.25) is 0 Å². The van der Waals surface area contributed by atoms with Crippen LogP contribution in [0.5, 0.6) is 0 Å². The highest BCUT2D eigenvalue weighted by molar-refractivity contribution is 6.07. The summed E-state index contributed by atoms with van der Waals surface area (Å²) in [6, 6.07) is 3.23. The van der Waals surface area contributed by atoms with Gasteiger partial charge >= 0.3 is 0 Å². The molecule has 1 aromatic carbocycles. The average molecular weight is 490 g/mol. The molecule has 3 aromatic heterocycles. The fourth-order valence-electron chi connectivity index (χ4n) is 4.26. The van der Waals surface area contributed by atoms with E-state index in [-0.39, 0.29) is 60.6 Å². The standard InChI is InChI=1S/C23H19F5N6O/c24-15-6-14-18(7-16(15)25)29-9-19(14)31-22(35)20-11-34(33-32-20)10-12-5-17(26)21(30-8-12)13-1-3-23(27,28)4-2-13/h5-9,11,13,29H,1-4,10H2,(H,31,35). The number of aromatic nitrogens is 5. The van der Waals surface area contributed by atoms with E-state index in [1.165, 1.54) is 29.3 Å². The zero-order valence-corrected chi connectivity index (χ0v) is 18.2. The minimum Gasteiger partial charge on any atom is -0.359 e. The molecule has 1 fully saturated rings. The first-order chi connectivity index (χ1) is 16.7. The SMILES string of the molecule is O=C(Nc1c[nH]c2cc(F)c(F)cc12)c1cn(Cc2cnc(C3CCC(F)(F)CC3)c(F)c2)nn1. The average Bonchev–Trinajstić information content (AvgIpc) is 3.42. The van der Waals surface area contributed by atoms with Gasteiger partial charge in [0.1, 0.15) is 5.82 Å². The zero-order valence-electron chi connectivity index (χ0n) is 18.2. The van der Waals surface area contributed by atoms with E-state index in [9.17, 15) is 26.7 Å². The summed E-state index contributed by atoms with van der Waals surface area (Å²) in [6.45, 7) is 0.0742. The van der Waals surface area contributed by atoms with Crippen molar-refractivity contribution in [3.63, 3.8) is 0 Å². The van der Waals surface area contributed by atoms with E-state index in [1.54, 1.807) is 0 Å². The number of alkyl halides is 2. The van der Waals surface area contributed by atoms with Gasteiger partial charge in [0.2, 0.25) is 5.92 Å². The van der Waals surface area contributed by atoms with Crippen LogP contribution in [-0.2, 0) is 6.54 Å². The van der Waals surface area contributed by atoms with Crippen molar-refractivity contribution >= 4 is 22.5 Å². The Bertz CT molecular complexity index is 1400. The number of fused-ring (bicyclic) bond motifs is 1. The monoisotopic (exact) mass is 490 g/mol. The van der Waals surface area contributed by atoms with E-state index in [2.05, 4.69) is 25.6 Å². The Kier molecular flexibility index (Phi) is 5.73. The number of nitrogens with zero attached hydrogens (tertiary/aromatic N) is 4. The summed E-state index contributed by atoms with van der Waals surface area (Å²) >= 11 is 0. The first kappa shape index (κ1) is 22.9. The van der Waals surface area contributed by atoms with Gasteiger partial charge in [-0.25, -0.2) is 26.6 Å². The first-order valence-electron chi connectivity index (χ1n) is 10.9. The Hall–Kier alpha value is -3.83. The number of H-pyrrole nitrogens is 1. The zero-order chi connectivity index (χ0) is 24.7. The maximum Gasteiger partial charge on any atom is 0.277 e. The molecule has 182 valence electrons. The van der Waals surface area contributed by atoms with Crippen molar-refractivity contribution in [2.24, 2.45) is 0 Å². The molecule has 0 spiro atoms. The molecule has 0 atom stereocenters. The summed E-state index contributed by atoms with van der Waals surface area (Å²) in [4.78, 5) is 19.5.